The molecule has 2 rings (SSSR count). The fourth-order valence-corrected chi connectivity index (χ4v) is 1.75. The molecular formula is C14H11F4NO. The van der Waals surface area contributed by atoms with Crippen molar-refractivity contribution < 1.29 is 22.3 Å². The first-order valence-electron chi connectivity index (χ1n) is 5.68. The van der Waals surface area contributed by atoms with E-state index in [4.69, 9.17) is 5.73 Å². The second kappa shape index (κ2) is 5.03. The molecule has 0 unspecified atom stereocenters. The minimum atomic E-state index is -4.75. The molecule has 2 N–H and O–H groups in total. The summed E-state index contributed by atoms with van der Waals surface area (Å²) in [5.74, 6) is -0.845. The number of rotatable bonds is 2. The molecule has 0 saturated carbocycles. The Hall–Kier alpha value is -2.24. The highest BCUT2D eigenvalue weighted by molar-refractivity contribution is 5.70. The Labute approximate surface area is 112 Å². The van der Waals surface area contributed by atoms with E-state index in [-0.39, 0.29) is 11.3 Å². The third kappa shape index (κ3) is 3.20. The molecule has 20 heavy (non-hydrogen) atoms. The predicted molar refractivity (Wildman–Crippen MR) is 67.7 cm³/mol. The fourth-order valence-electron chi connectivity index (χ4n) is 1.75. The lowest BCUT2D eigenvalue weighted by Crippen LogP contribution is -2.16. The van der Waals surface area contributed by atoms with Gasteiger partial charge in [-0.25, -0.2) is 4.39 Å². The van der Waals surface area contributed by atoms with Gasteiger partial charge in [0.2, 0.25) is 0 Å². The summed E-state index contributed by atoms with van der Waals surface area (Å²) in [5.41, 5.74) is 7.36. The standard InChI is InChI=1S/C14H11F4NO/c1-8-6-12(15)11(7-13(8)19)9-2-4-10(5-3-9)20-14(16,17)18/h2-7H,19H2,1H3. The zero-order chi connectivity index (χ0) is 14.9. The van der Waals surface area contributed by atoms with Gasteiger partial charge in [-0.05, 0) is 42.3 Å². The van der Waals surface area contributed by atoms with Crippen molar-refractivity contribution in [1.82, 2.24) is 0 Å². The molecule has 2 aromatic rings. The lowest BCUT2D eigenvalue weighted by molar-refractivity contribution is -0.274. The van der Waals surface area contributed by atoms with Crippen LogP contribution in [-0.2, 0) is 0 Å². The van der Waals surface area contributed by atoms with Crippen LogP contribution in [0.3, 0.4) is 0 Å². The second-order valence-electron chi connectivity index (χ2n) is 4.26. The average Bonchev–Trinajstić information content (AvgIpc) is 2.33. The zero-order valence-electron chi connectivity index (χ0n) is 10.5. The number of hydrogen-bond donors (Lipinski definition) is 1. The molecule has 2 nitrogen and oxygen atoms in total. The van der Waals surface area contributed by atoms with Crippen LogP contribution in [0, 0.1) is 12.7 Å². The fraction of sp³-hybridized carbons (Fsp3) is 0.143. The summed E-state index contributed by atoms with van der Waals surface area (Å²) in [6.07, 6.45) is -4.75. The van der Waals surface area contributed by atoms with Crippen LogP contribution in [0.15, 0.2) is 36.4 Å². The SMILES string of the molecule is Cc1cc(F)c(-c2ccc(OC(F)(F)F)cc2)cc1N. The second-order valence-corrected chi connectivity index (χ2v) is 4.26. The molecule has 0 amide bonds. The van der Waals surface area contributed by atoms with Crippen molar-refractivity contribution in [2.75, 3.05) is 5.73 Å². The molecule has 106 valence electrons. The highest BCUT2D eigenvalue weighted by Gasteiger charge is 2.30. The van der Waals surface area contributed by atoms with Gasteiger partial charge < -0.3 is 10.5 Å². The number of halogens is 4. The quantitative estimate of drug-likeness (QED) is 0.660. The average molecular weight is 285 g/mol. The Morgan fingerprint density at radius 1 is 1.05 bits per heavy atom. The van der Waals surface area contributed by atoms with Crippen molar-refractivity contribution in [3.8, 4) is 16.9 Å². The first-order valence-corrected chi connectivity index (χ1v) is 5.68. The Morgan fingerprint density at radius 3 is 2.20 bits per heavy atom. The lowest BCUT2D eigenvalue weighted by Gasteiger charge is -2.10. The summed E-state index contributed by atoms with van der Waals surface area (Å²) in [4.78, 5) is 0. The smallest absolute Gasteiger partial charge is 0.406 e. The van der Waals surface area contributed by atoms with Crippen molar-refractivity contribution in [2.45, 2.75) is 13.3 Å². The molecule has 0 aliphatic carbocycles. The summed E-state index contributed by atoms with van der Waals surface area (Å²) in [6.45, 7) is 1.67. The Bertz CT molecular complexity index is 620. The Balaban J connectivity index is 2.33. The maximum absolute atomic E-state index is 13.8. The molecular weight excluding hydrogens is 274 g/mol. The van der Waals surface area contributed by atoms with Crippen LogP contribution in [0.5, 0.6) is 5.75 Å². The van der Waals surface area contributed by atoms with E-state index in [0.29, 0.717) is 16.8 Å². The van der Waals surface area contributed by atoms with E-state index in [1.807, 2.05) is 0 Å². The van der Waals surface area contributed by atoms with E-state index < -0.39 is 12.2 Å². The maximum atomic E-state index is 13.8. The van der Waals surface area contributed by atoms with Gasteiger partial charge >= 0.3 is 6.36 Å². The minimum absolute atomic E-state index is 0.228. The van der Waals surface area contributed by atoms with Crippen LogP contribution < -0.4 is 10.5 Å². The number of anilines is 1. The molecule has 0 fully saturated rings. The first kappa shape index (κ1) is 14.2. The van der Waals surface area contributed by atoms with Crippen molar-refractivity contribution in [1.29, 1.82) is 0 Å². The third-order valence-corrected chi connectivity index (χ3v) is 2.75. The van der Waals surface area contributed by atoms with Gasteiger partial charge in [-0.2, -0.15) is 0 Å². The topological polar surface area (TPSA) is 35.2 Å². The molecule has 0 saturated heterocycles. The highest BCUT2D eigenvalue weighted by atomic mass is 19.4. The molecule has 2 aromatic carbocycles. The summed E-state index contributed by atoms with van der Waals surface area (Å²) in [7, 11) is 0. The van der Waals surface area contributed by atoms with Gasteiger partial charge in [0, 0.05) is 11.3 Å². The minimum Gasteiger partial charge on any atom is -0.406 e. The van der Waals surface area contributed by atoms with Crippen molar-refractivity contribution in [3.05, 3.63) is 47.8 Å². The molecule has 0 heterocycles. The highest BCUT2D eigenvalue weighted by Crippen LogP contribution is 2.30. The monoisotopic (exact) mass is 285 g/mol. The van der Waals surface area contributed by atoms with E-state index in [2.05, 4.69) is 4.74 Å². The summed E-state index contributed by atoms with van der Waals surface area (Å²) < 4.78 is 53.7. The third-order valence-electron chi connectivity index (χ3n) is 2.75. The molecule has 0 radical (unpaired) electrons. The predicted octanol–water partition coefficient (Wildman–Crippen LogP) is 4.28. The summed E-state index contributed by atoms with van der Waals surface area (Å²) in [6, 6.07) is 7.66. The largest absolute Gasteiger partial charge is 0.573 e. The van der Waals surface area contributed by atoms with Crippen LogP contribution in [0.2, 0.25) is 0 Å². The number of nitrogens with two attached hydrogens (primary N) is 1. The molecule has 0 atom stereocenters. The van der Waals surface area contributed by atoms with E-state index >= 15 is 0 Å². The first-order chi connectivity index (χ1) is 9.26. The normalized spacial score (nSPS) is 11.4. The maximum Gasteiger partial charge on any atom is 0.573 e. The molecule has 0 aliphatic rings. The van der Waals surface area contributed by atoms with Crippen molar-refractivity contribution in [3.63, 3.8) is 0 Å². The van der Waals surface area contributed by atoms with Gasteiger partial charge in [0.1, 0.15) is 11.6 Å². The van der Waals surface area contributed by atoms with Crippen LogP contribution in [0.1, 0.15) is 5.56 Å². The molecule has 0 spiro atoms. The van der Waals surface area contributed by atoms with Crippen LogP contribution in [0.25, 0.3) is 11.1 Å². The van der Waals surface area contributed by atoms with Crippen LogP contribution in [-0.4, -0.2) is 6.36 Å². The number of ether oxygens (including phenoxy) is 1. The number of nitrogen functional groups attached to an aromatic ring is 1. The van der Waals surface area contributed by atoms with E-state index in [0.717, 1.165) is 12.1 Å². The number of hydrogen-bond acceptors (Lipinski definition) is 2. The van der Waals surface area contributed by atoms with Gasteiger partial charge in [0.05, 0.1) is 0 Å². The molecule has 0 bridgehead atoms. The lowest BCUT2D eigenvalue weighted by atomic mass is 10.0. The molecule has 6 heteroatoms. The van der Waals surface area contributed by atoms with Gasteiger partial charge in [0.15, 0.2) is 0 Å². The van der Waals surface area contributed by atoms with E-state index in [9.17, 15) is 17.6 Å². The zero-order valence-corrected chi connectivity index (χ0v) is 10.5. The van der Waals surface area contributed by atoms with Gasteiger partial charge in [-0.3, -0.25) is 0 Å². The van der Waals surface area contributed by atoms with E-state index in [1.165, 1.54) is 24.3 Å². The Kier molecular flexibility index (Phi) is 3.57. The molecule has 0 aromatic heterocycles. The number of aryl methyl sites for hydroxylation is 1. The van der Waals surface area contributed by atoms with Crippen LogP contribution >= 0.6 is 0 Å². The number of benzene rings is 2. The van der Waals surface area contributed by atoms with Crippen LogP contribution in [0.4, 0.5) is 23.2 Å². The summed E-state index contributed by atoms with van der Waals surface area (Å²) >= 11 is 0. The van der Waals surface area contributed by atoms with E-state index in [1.54, 1.807) is 6.92 Å². The molecule has 0 aliphatic heterocycles. The van der Waals surface area contributed by atoms with Crippen molar-refractivity contribution in [2.24, 2.45) is 0 Å². The Morgan fingerprint density at radius 2 is 1.65 bits per heavy atom. The van der Waals surface area contributed by atoms with Gasteiger partial charge in [0.25, 0.3) is 0 Å². The number of alkyl halides is 3. The van der Waals surface area contributed by atoms with Gasteiger partial charge in [-0.1, -0.05) is 12.1 Å². The summed E-state index contributed by atoms with van der Waals surface area (Å²) in [5, 5.41) is 0. The van der Waals surface area contributed by atoms with Gasteiger partial charge in [-0.15, -0.1) is 13.2 Å². The van der Waals surface area contributed by atoms with Crippen molar-refractivity contribution >= 4 is 5.69 Å².